The predicted octanol–water partition coefficient (Wildman–Crippen LogP) is 7.73. The third kappa shape index (κ3) is 7.49. The zero-order chi connectivity index (χ0) is 32.3. The van der Waals surface area contributed by atoms with E-state index in [9.17, 15) is 54.0 Å². The number of nitriles is 1. The smallest absolute Gasteiger partial charge is 0.461 e. The molecule has 0 fully saturated rings. The van der Waals surface area contributed by atoms with Gasteiger partial charge in [-0.3, -0.25) is 4.79 Å². The highest BCUT2D eigenvalue weighted by Gasteiger charge is 2.45. The van der Waals surface area contributed by atoms with Crippen molar-refractivity contribution in [3.63, 3.8) is 0 Å². The van der Waals surface area contributed by atoms with Crippen molar-refractivity contribution in [1.82, 2.24) is 5.32 Å². The fourth-order valence-electron chi connectivity index (χ4n) is 4.01. The highest BCUT2D eigenvalue weighted by atomic mass is 19.4. The monoisotopic (exact) mass is 622 g/mol. The van der Waals surface area contributed by atoms with Gasteiger partial charge in [0.2, 0.25) is 0 Å². The third-order valence-corrected chi connectivity index (χ3v) is 5.86. The molecule has 0 heterocycles. The molecule has 1 unspecified atom stereocenters. The van der Waals surface area contributed by atoms with Crippen molar-refractivity contribution in [3.8, 4) is 17.6 Å². The number of nitrogens with zero attached hydrogens (tertiary/aromatic N) is 1. The van der Waals surface area contributed by atoms with Crippen molar-refractivity contribution in [1.29, 1.82) is 5.26 Å². The second kappa shape index (κ2) is 12.4. The van der Waals surface area contributed by atoms with Crippen LogP contribution in [0.3, 0.4) is 0 Å². The molecular formula is C28H20F10N2O3. The van der Waals surface area contributed by atoms with E-state index < -0.39 is 88.3 Å². The average molecular weight is 622 g/mol. The van der Waals surface area contributed by atoms with Gasteiger partial charge in [-0.15, -0.1) is 0 Å². The lowest BCUT2D eigenvalue weighted by Crippen LogP contribution is -2.47. The van der Waals surface area contributed by atoms with Crippen LogP contribution in [0, 0.1) is 28.8 Å². The minimum absolute atomic E-state index is 0.156. The summed E-state index contributed by atoms with van der Waals surface area (Å²) in [5.41, 5.74) is -5.87. The van der Waals surface area contributed by atoms with Crippen molar-refractivity contribution < 1.29 is 58.2 Å². The fraction of sp³-hybridized carbons (Fsp3) is 0.286. The first kappa shape index (κ1) is 33.0. The van der Waals surface area contributed by atoms with Crippen LogP contribution in [0.1, 0.15) is 47.3 Å². The van der Waals surface area contributed by atoms with Crippen molar-refractivity contribution >= 4 is 5.91 Å². The maximum absolute atomic E-state index is 14.7. The number of nitrogens with one attached hydrogen (secondary N) is 1. The number of rotatable bonds is 10. The lowest BCUT2D eigenvalue weighted by molar-refractivity contribution is -0.253. The lowest BCUT2D eigenvalue weighted by Gasteiger charge is -2.35. The molecule has 43 heavy (non-hydrogen) atoms. The fourth-order valence-corrected chi connectivity index (χ4v) is 4.01. The molecule has 0 aliphatic carbocycles. The van der Waals surface area contributed by atoms with Crippen molar-refractivity contribution in [3.05, 3.63) is 94.3 Å². The second-order valence-electron chi connectivity index (χ2n) is 9.34. The number of carbonyl (C=O) groups excluding carboxylic acids is 1. The van der Waals surface area contributed by atoms with Crippen LogP contribution in [0.2, 0.25) is 0 Å². The molecule has 0 radical (unpaired) electrons. The van der Waals surface area contributed by atoms with E-state index >= 15 is 0 Å². The van der Waals surface area contributed by atoms with Gasteiger partial charge in [-0.1, -0.05) is 6.07 Å². The van der Waals surface area contributed by atoms with E-state index in [-0.39, 0.29) is 11.6 Å². The van der Waals surface area contributed by atoms with Gasteiger partial charge in [0, 0.05) is 11.6 Å². The van der Waals surface area contributed by atoms with Gasteiger partial charge in [0.15, 0.2) is 11.6 Å². The van der Waals surface area contributed by atoms with E-state index in [1.807, 2.05) is 0 Å². The summed E-state index contributed by atoms with van der Waals surface area (Å²) < 4.78 is 145. The summed E-state index contributed by atoms with van der Waals surface area (Å²) in [6, 6.07) is 7.05. The Bertz CT molecular complexity index is 1540. The lowest BCUT2D eigenvalue weighted by atomic mass is 9.79. The summed E-state index contributed by atoms with van der Waals surface area (Å²) in [6.07, 6.45) is -16.2. The molecule has 0 spiro atoms. The van der Waals surface area contributed by atoms with E-state index in [1.54, 1.807) is 6.07 Å². The summed E-state index contributed by atoms with van der Waals surface area (Å²) >= 11 is 0. The van der Waals surface area contributed by atoms with Crippen LogP contribution < -0.4 is 14.8 Å². The molecule has 3 aromatic carbocycles. The van der Waals surface area contributed by atoms with E-state index in [2.05, 4.69) is 10.1 Å². The Morgan fingerprint density at radius 1 is 0.907 bits per heavy atom. The Hall–Kier alpha value is -4.48. The Morgan fingerprint density at radius 3 is 2.14 bits per heavy atom. The van der Waals surface area contributed by atoms with Gasteiger partial charge in [-0.25, -0.2) is 13.2 Å². The summed E-state index contributed by atoms with van der Waals surface area (Å²) in [5, 5.41) is 11.9. The molecule has 0 aliphatic heterocycles. The molecule has 3 rings (SSSR count). The number of hydrogen-bond acceptors (Lipinski definition) is 4. The number of benzene rings is 3. The highest BCUT2D eigenvalue weighted by molar-refractivity contribution is 5.95. The maximum Gasteiger partial charge on any atom is 0.461 e. The molecule has 3 aromatic rings. The highest BCUT2D eigenvalue weighted by Crippen LogP contribution is 2.40. The standard InChI is InChI=1S/C28H20F10N2O3/c1-14(2)42-23-12-16(4-6-22(23)31)26(7-8-39,17-10-18(29)13-19(11-17)43-28(37,38)25(32)33)40-24(41)15-3-5-21(30)20(9-15)27(34,35)36/h3-6,9-14,25H,7H2,1-2H3,(H,40,41). The Balaban J connectivity index is 2.30. The van der Waals surface area contributed by atoms with Crippen molar-refractivity contribution in [2.45, 2.75) is 50.6 Å². The van der Waals surface area contributed by atoms with E-state index in [4.69, 9.17) is 4.74 Å². The van der Waals surface area contributed by atoms with Gasteiger partial charge in [-0.05, 0) is 67.4 Å². The first-order valence-corrected chi connectivity index (χ1v) is 12.1. The summed E-state index contributed by atoms with van der Waals surface area (Å²) in [4.78, 5) is 13.3. The van der Waals surface area contributed by atoms with Gasteiger partial charge in [0.05, 0.1) is 24.2 Å². The number of amides is 1. The molecule has 0 aromatic heterocycles. The average Bonchev–Trinajstić information content (AvgIpc) is 2.88. The molecule has 1 N–H and O–H groups in total. The molecule has 0 saturated carbocycles. The maximum atomic E-state index is 14.7. The first-order valence-electron chi connectivity index (χ1n) is 12.1. The minimum atomic E-state index is -5.23. The van der Waals surface area contributed by atoms with Crippen LogP contribution in [0.4, 0.5) is 43.9 Å². The quantitative estimate of drug-likeness (QED) is 0.235. The minimum Gasteiger partial charge on any atom is -0.488 e. The van der Waals surface area contributed by atoms with Crippen molar-refractivity contribution in [2.75, 3.05) is 0 Å². The van der Waals surface area contributed by atoms with E-state index in [1.165, 1.54) is 13.8 Å². The largest absolute Gasteiger partial charge is 0.488 e. The van der Waals surface area contributed by atoms with Gasteiger partial charge in [0.25, 0.3) is 5.91 Å². The summed E-state index contributed by atoms with van der Waals surface area (Å²) in [5.74, 6) is -7.07. The molecule has 1 amide bonds. The number of hydrogen-bond donors (Lipinski definition) is 1. The van der Waals surface area contributed by atoms with Gasteiger partial charge in [-0.2, -0.15) is 36.0 Å². The number of halogens is 10. The Morgan fingerprint density at radius 2 is 1.56 bits per heavy atom. The van der Waals surface area contributed by atoms with Gasteiger partial charge < -0.3 is 14.8 Å². The third-order valence-electron chi connectivity index (χ3n) is 5.86. The number of alkyl halides is 7. The topological polar surface area (TPSA) is 71.3 Å². The normalized spacial score (nSPS) is 13.4. The van der Waals surface area contributed by atoms with Gasteiger partial charge in [0.1, 0.15) is 22.9 Å². The van der Waals surface area contributed by atoms with Crippen LogP contribution in [-0.2, 0) is 11.7 Å². The second-order valence-corrected chi connectivity index (χ2v) is 9.34. The number of ether oxygens (including phenoxy) is 2. The molecule has 0 bridgehead atoms. The zero-order valence-corrected chi connectivity index (χ0v) is 22.0. The van der Waals surface area contributed by atoms with Crippen LogP contribution in [0.5, 0.6) is 11.5 Å². The molecule has 5 nitrogen and oxygen atoms in total. The molecule has 1 atom stereocenters. The molecule has 0 aliphatic rings. The van der Waals surface area contributed by atoms with E-state index in [0.717, 1.165) is 18.2 Å². The van der Waals surface area contributed by atoms with Crippen LogP contribution in [-0.4, -0.2) is 24.5 Å². The van der Waals surface area contributed by atoms with Crippen LogP contribution in [0.15, 0.2) is 54.6 Å². The van der Waals surface area contributed by atoms with E-state index in [0.29, 0.717) is 30.3 Å². The zero-order valence-electron chi connectivity index (χ0n) is 22.0. The van der Waals surface area contributed by atoms with Crippen LogP contribution in [0.25, 0.3) is 0 Å². The first-order chi connectivity index (χ1) is 19.9. The van der Waals surface area contributed by atoms with Crippen LogP contribution >= 0.6 is 0 Å². The molecule has 230 valence electrons. The summed E-state index contributed by atoms with van der Waals surface area (Å²) in [6.45, 7) is 3.03. The van der Waals surface area contributed by atoms with Crippen molar-refractivity contribution in [2.24, 2.45) is 0 Å². The molecular weight excluding hydrogens is 602 g/mol. The summed E-state index contributed by atoms with van der Waals surface area (Å²) in [7, 11) is 0. The van der Waals surface area contributed by atoms with Gasteiger partial charge >= 0.3 is 18.7 Å². The molecule has 15 heteroatoms. The predicted molar refractivity (Wildman–Crippen MR) is 130 cm³/mol. The SMILES string of the molecule is CC(C)Oc1cc(C(CC#N)(NC(=O)c2ccc(F)c(C(F)(F)F)c2)c2cc(F)cc(OC(F)(F)C(F)F)c2)ccc1F. The Labute approximate surface area is 237 Å². The molecule has 0 saturated heterocycles. The Kier molecular flexibility index (Phi) is 9.53. The number of carbonyl (C=O) groups is 1.